The zero-order valence-corrected chi connectivity index (χ0v) is 17.7. The van der Waals surface area contributed by atoms with Crippen LogP contribution >= 0.6 is 0 Å². The predicted octanol–water partition coefficient (Wildman–Crippen LogP) is 3.85. The average Bonchev–Trinajstić information content (AvgIpc) is 3.05. The molecule has 0 aliphatic carbocycles. The second-order valence-electron chi connectivity index (χ2n) is 7.04. The molecule has 1 aromatic heterocycles. The van der Waals surface area contributed by atoms with Crippen molar-refractivity contribution < 1.29 is 24.3 Å². The number of carbonyl (C=O) groups is 1. The number of ether oxygens (including phenoxy) is 2. The average molecular weight is 425 g/mol. The minimum atomic E-state index is -0.527. The molecule has 0 fully saturated rings. The number of hydrogen-bond acceptors (Lipinski definition) is 7. The Morgan fingerprint density at radius 3 is 2.45 bits per heavy atom. The third kappa shape index (κ3) is 4.30. The molecule has 9 heteroatoms. The molecule has 3 aromatic rings. The Morgan fingerprint density at radius 1 is 1.23 bits per heavy atom. The maximum Gasteiger partial charge on any atom is 0.302 e. The molecule has 0 amide bonds. The molecular formula is C22H23N3O6. The number of rotatable bonds is 7. The molecule has 0 radical (unpaired) electrons. The largest absolute Gasteiger partial charge is 0.507 e. The highest BCUT2D eigenvalue weighted by molar-refractivity contribution is 5.99. The highest BCUT2D eigenvalue weighted by Crippen LogP contribution is 2.41. The monoisotopic (exact) mass is 425 g/mol. The number of fused-ring (bicyclic) bond motifs is 1. The maximum absolute atomic E-state index is 12.1. The van der Waals surface area contributed by atoms with Crippen LogP contribution < -0.4 is 4.74 Å². The number of nitro groups is 1. The number of benzene rings is 2. The van der Waals surface area contributed by atoms with Gasteiger partial charge in [0, 0.05) is 32.9 Å². The Kier molecular flexibility index (Phi) is 6.15. The molecule has 162 valence electrons. The van der Waals surface area contributed by atoms with Crippen LogP contribution in [0.1, 0.15) is 18.2 Å². The molecule has 1 heterocycles. The SMILES string of the molecule is COc1ccc(-n2c(/C=C/N(C)C)c([N+](=O)[O-])c3ccc(O)c(COC(C)=O)c32)cc1. The smallest absolute Gasteiger partial charge is 0.302 e. The van der Waals surface area contributed by atoms with Crippen molar-refractivity contribution in [3.8, 4) is 17.2 Å². The van der Waals surface area contributed by atoms with Gasteiger partial charge >= 0.3 is 11.7 Å². The Labute approximate surface area is 178 Å². The van der Waals surface area contributed by atoms with E-state index in [9.17, 15) is 20.0 Å². The summed E-state index contributed by atoms with van der Waals surface area (Å²) in [5, 5.41) is 22.9. The van der Waals surface area contributed by atoms with Crippen molar-refractivity contribution in [3.05, 3.63) is 64.0 Å². The first kappa shape index (κ1) is 21.7. The second-order valence-corrected chi connectivity index (χ2v) is 7.04. The number of nitrogens with zero attached hydrogens (tertiary/aromatic N) is 3. The van der Waals surface area contributed by atoms with Crippen LogP contribution in [0.5, 0.6) is 11.5 Å². The molecular weight excluding hydrogens is 402 g/mol. The highest BCUT2D eigenvalue weighted by atomic mass is 16.6. The lowest BCUT2D eigenvalue weighted by atomic mass is 10.1. The molecule has 3 rings (SSSR count). The second kappa shape index (κ2) is 8.78. The van der Waals surface area contributed by atoms with Crippen molar-refractivity contribution in [2.24, 2.45) is 0 Å². The predicted molar refractivity (Wildman–Crippen MR) is 116 cm³/mol. The van der Waals surface area contributed by atoms with Crippen LogP contribution in [0.3, 0.4) is 0 Å². The van der Waals surface area contributed by atoms with Gasteiger partial charge in [-0.25, -0.2) is 0 Å². The van der Waals surface area contributed by atoms with Gasteiger partial charge in [-0.2, -0.15) is 0 Å². The minimum Gasteiger partial charge on any atom is -0.507 e. The quantitative estimate of drug-likeness (QED) is 0.348. The fourth-order valence-electron chi connectivity index (χ4n) is 3.32. The lowest BCUT2D eigenvalue weighted by molar-refractivity contribution is -0.383. The Hall–Kier alpha value is -4.01. The summed E-state index contributed by atoms with van der Waals surface area (Å²) in [4.78, 5) is 24.8. The molecule has 0 spiro atoms. The standard InChI is InChI=1S/C22H23N3O6/c1-14(26)31-13-18-20(27)10-9-17-21(18)24(15-5-7-16(30-4)8-6-15)19(11-12-23(2)3)22(17)25(28)29/h5-12,27H,13H2,1-4H3/b12-11+. The fraction of sp³-hybridized carbons (Fsp3) is 0.227. The zero-order valence-electron chi connectivity index (χ0n) is 17.7. The number of phenolic OH excluding ortho intramolecular Hbond substituents is 1. The molecule has 0 saturated heterocycles. The van der Waals surface area contributed by atoms with Crippen LogP contribution in [-0.4, -0.2) is 46.7 Å². The molecule has 9 nitrogen and oxygen atoms in total. The minimum absolute atomic E-state index is 0.118. The summed E-state index contributed by atoms with van der Waals surface area (Å²) in [7, 11) is 5.16. The summed E-state index contributed by atoms with van der Waals surface area (Å²) in [5.74, 6) is -0.0247. The van der Waals surface area contributed by atoms with E-state index in [0.29, 0.717) is 28.0 Å². The molecule has 0 unspecified atom stereocenters. The summed E-state index contributed by atoms with van der Waals surface area (Å²) < 4.78 is 12.0. The number of hydrogen-bond donors (Lipinski definition) is 1. The molecule has 0 saturated carbocycles. The summed E-state index contributed by atoms with van der Waals surface area (Å²) in [5.41, 5.74) is 1.47. The van der Waals surface area contributed by atoms with Gasteiger partial charge in [0.15, 0.2) is 0 Å². The summed E-state index contributed by atoms with van der Waals surface area (Å²) in [6.07, 6.45) is 3.34. The van der Waals surface area contributed by atoms with Crippen LogP contribution in [0.15, 0.2) is 42.6 Å². The number of aromatic nitrogens is 1. The fourth-order valence-corrected chi connectivity index (χ4v) is 3.32. The van der Waals surface area contributed by atoms with Crippen LogP contribution in [0.4, 0.5) is 5.69 Å². The van der Waals surface area contributed by atoms with Crippen LogP contribution in [0.25, 0.3) is 22.7 Å². The number of phenols is 1. The Morgan fingerprint density at radius 2 is 1.90 bits per heavy atom. The lowest BCUT2D eigenvalue weighted by Crippen LogP contribution is -2.05. The van der Waals surface area contributed by atoms with Gasteiger partial charge in [-0.1, -0.05) is 0 Å². The Bertz CT molecular complexity index is 1160. The molecule has 1 N–H and O–H groups in total. The van der Waals surface area contributed by atoms with Crippen molar-refractivity contribution in [3.63, 3.8) is 0 Å². The van der Waals surface area contributed by atoms with Crippen molar-refractivity contribution >= 4 is 28.6 Å². The molecule has 0 aliphatic rings. The van der Waals surface area contributed by atoms with E-state index in [1.54, 1.807) is 67.2 Å². The summed E-state index contributed by atoms with van der Waals surface area (Å²) in [6, 6.07) is 9.85. The van der Waals surface area contributed by atoms with Gasteiger partial charge in [0.05, 0.1) is 28.5 Å². The number of aromatic hydroxyl groups is 1. The first-order valence-electron chi connectivity index (χ1n) is 9.40. The zero-order chi connectivity index (χ0) is 22.7. The van der Waals surface area contributed by atoms with E-state index >= 15 is 0 Å². The van der Waals surface area contributed by atoms with Crippen molar-refractivity contribution in [2.45, 2.75) is 13.5 Å². The number of methoxy groups -OCH3 is 1. The van der Waals surface area contributed by atoms with Gasteiger partial charge in [-0.3, -0.25) is 14.9 Å². The first-order valence-corrected chi connectivity index (χ1v) is 9.40. The first-order chi connectivity index (χ1) is 14.7. The van der Waals surface area contributed by atoms with Crippen molar-refractivity contribution in [1.29, 1.82) is 0 Å². The van der Waals surface area contributed by atoms with Crippen LogP contribution in [0, 0.1) is 10.1 Å². The van der Waals surface area contributed by atoms with E-state index in [-0.39, 0.29) is 23.6 Å². The van der Waals surface area contributed by atoms with E-state index in [1.807, 2.05) is 0 Å². The topological polar surface area (TPSA) is 107 Å². The van der Waals surface area contributed by atoms with E-state index in [2.05, 4.69) is 0 Å². The van der Waals surface area contributed by atoms with E-state index < -0.39 is 10.9 Å². The van der Waals surface area contributed by atoms with Crippen LogP contribution in [-0.2, 0) is 16.1 Å². The summed E-state index contributed by atoms with van der Waals surface area (Å²) in [6.45, 7) is 1.03. The van der Waals surface area contributed by atoms with Gasteiger partial charge in [0.25, 0.3) is 0 Å². The van der Waals surface area contributed by atoms with Gasteiger partial charge in [-0.15, -0.1) is 0 Å². The third-order valence-electron chi connectivity index (χ3n) is 4.68. The lowest BCUT2D eigenvalue weighted by Gasteiger charge is -2.13. The van der Waals surface area contributed by atoms with Gasteiger partial charge < -0.3 is 24.0 Å². The van der Waals surface area contributed by atoms with E-state index in [4.69, 9.17) is 9.47 Å². The molecule has 0 atom stereocenters. The van der Waals surface area contributed by atoms with Gasteiger partial charge in [0.1, 0.15) is 23.8 Å². The maximum atomic E-state index is 12.1. The third-order valence-corrected chi connectivity index (χ3v) is 4.68. The highest BCUT2D eigenvalue weighted by Gasteiger charge is 2.28. The van der Waals surface area contributed by atoms with Gasteiger partial charge in [0.2, 0.25) is 0 Å². The van der Waals surface area contributed by atoms with Gasteiger partial charge in [-0.05, 0) is 42.5 Å². The number of carbonyl (C=O) groups excluding carboxylic acids is 1. The van der Waals surface area contributed by atoms with Crippen LogP contribution in [0.2, 0.25) is 0 Å². The normalized spacial score (nSPS) is 11.1. The number of esters is 1. The van der Waals surface area contributed by atoms with Crippen molar-refractivity contribution in [1.82, 2.24) is 9.47 Å². The van der Waals surface area contributed by atoms with E-state index in [0.717, 1.165) is 0 Å². The van der Waals surface area contributed by atoms with Crippen molar-refractivity contribution in [2.75, 3.05) is 21.2 Å². The molecule has 31 heavy (non-hydrogen) atoms. The molecule has 0 bridgehead atoms. The molecule has 2 aromatic carbocycles. The molecule has 0 aliphatic heterocycles. The Balaban J connectivity index is 2.44. The summed E-state index contributed by atoms with van der Waals surface area (Å²) >= 11 is 0. The van der Waals surface area contributed by atoms with E-state index in [1.165, 1.54) is 19.1 Å².